The summed E-state index contributed by atoms with van der Waals surface area (Å²) in [5.41, 5.74) is 0. The zero-order chi connectivity index (χ0) is 6.85. The molecule has 3 heteroatoms. The lowest BCUT2D eigenvalue weighted by atomic mass is 10.2. The summed E-state index contributed by atoms with van der Waals surface area (Å²) < 4.78 is 0. The first kappa shape index (κ1) is 6.09. The molecule has 1 heterocycles. The maximum atomic E-state index is 10.7. The van der Waals surface area contributed by atoms with E-state index in [4.69, 9.17) is 5.26 Å². The van der Waals surface area contributed by atoms with Gasteiger partial charge in [0.05, 0.1) is 0 Å². The Labute approximate surface area is 53.9 Å². The van der Waals surface area contributed by atoms with Gasteiger partial charge in [-0.05, 0) is 13.3 Å². The molecule has 0 radical (unpaired) electrons. The molecule has 9 heavy (non-hydrogen) atoms. The van der Waals surface area contributed by atoms with E-state index >= 15 is 0 Å². The molecule has 1 amide bonds. The van der Waals surface area contributed by atoms with Crippen LogP contribution in [-0.2, 0) is 4.79 Å². The van der Waals surface area contributed by atoms with E-state index < -0.39 is 0 Å². The summed E-state index contributed by atoms with van der Waals surface area (Å²) in [6.07, 6.45) is 3.21. The molecule has 1 atom stereocenters. The second-order valence-corrected chi connectivity index (χ2v) is 2.25. The van der Waals surface area contributed by atoms with Gasteiger partial charge in [-0.2, -0.15) is 5.26 Å². The molecule has 48 valence electrons. The Balaban J connectivity index is 2.69. The fourth-order valence-corrected chi connectivity index (χ4v) is 0.982. The minimum absolute atomic E-state index is 0.0370. The Kier molecular flexibility index (Phi) is 1.39. The van der Waals surface area contributed by atoms with Gasteiger partial charge in [0.1, 0.15) is 0 Å². The molecule has 0 spiro atoms. The van der Waals surface area contributed by atoms with Crippen molar-refractivity contribution in [2.45, 2.75) is 25.8 Å². The van der Waals surface area contributed by atoms with Crippen molar-refractivity contribution in [2.24, 2.45) is 0 Å². The van der Waals surface area contributed by atoms with Crippen molar-refractivity contribution in [3.8, 4) is 6.19 Å². The first-order valence-electron chi connectivity index (χ1n) is 2.97. The van der Waals surface area contributed by atoms with Gasteiger partial charge in [-0.1, -0.05) is 0 Å². The average molecular weight is 124 g/mol. The van der Waals surface area contributed by atoms with Crippen molar-refractivity contribution in [1.29, 1.82) is 5.26 Å². The molecule has 0 N–H and O–H groups in total. The van der Waals surface area contributed by atoms with E-state index in [9.17, 15) is 4.79 Å². The van der Waals surface area contributed by atoms with Crippen LogP contribution in [0.15, 0.2) is 0 Å². The summed E-state index contributed by atoms with van der Waals surface area (Å²) in [5.74, 6) is -0.0370. The van der Waals surface area contributed by atoms with Gasteiger partial charge in [-0.15, -0.1) is 0 Å². The monoisotopic (exact) mass is 124 g/mol. The lowest BCUT2D eigenvalue weighted by Gasteiger charge is -2.08. The van der Waals surface area contributed by atoms with Crippen LogP contribution in [0, 0.1) is 11.5 Å². The fraction of sp³-hybridized carbons (Fsp3) is 0.667. The normalized spacial score (nSPS) is 26.4. The number of nitrogens with zero attached hydrogens (tertiary/aromatic N) is 2. The molecule has 0 saturated carbocycles. The second-order valence-electron chi connectivity index (χ2n) is 2.25. The van der Waals surface area contributed by atoms with Crippen LogP contribution in [0.5, 0.6) is 0 Å². The van der Waals surface area contributed by atoms with Crippen LogP contribution in [0.4, 0.5) is 0 Å². The number of amides is 1. The van der Waals surface area contributed by atoms with E-state index in [1.165, 1.54) is 4.90 Å². The molecule has 1 rings (SSSR count). The quantitative estimate of drug-likeness (QED) is 0.441. The Morgan fingerprint density at radius 1 is 1.89 bits per heavy atom. The van der Waals surface area contributed by atoms with Crippen molar-refractivity contribution in [2.75, 3.05) is 0 Å². The SMILES string of the molecule is CC1CCC(=O)N1C#N. The lowest BCUT2D eigenvalue weighted by molar-refractivity contribution is -0.125. The maximum absolute atomic E-state index is 10.7. The van der Waals surface area contributed by atoms with E-state index in [2.05, 4.69) is 0 Å². The van der Waals surface area contributed by atoms with Crippen LogP contribution >= 0.6 is 0 Å². The predicted octanol–water partition coefficient (Wildman–Crippen LogP) is 0.478. The Hall–Kier alpha value is -1.04. The van der Waals surface area contributed by atoms with Crippen LogP contribution < -0.4 is 0 Å². The highest BCUT2D eigenvalue weighted by Crippen LogP contribution is 2.15. The zero-order valence-electron chi connectivity index (χ0n) is 5.29. The Morgan fingerprint density at radius 2 is 2.56 bits per heavy atom. The standard InChI is InChI=1S/C6H8N2O/c1-5-2-3-6(9)8(5)4-7/h5H,2-3H2,1H3. The van der Waals surface area contributed by atoms with Crippen LogP contribution in [0.25, 0.3) is 0 Å². The summed E-state index contributed by atoms with van der Waals surface area (Å²) >= 11 is 0. The third-order valence-corrected chi connectivity index (χ3v) is 1.59. The van der Waals surface area contributed by atoms with Crippen molar-refractivity contribution in [3.05, 3.63) is 0 Å². The van der Waals surface area contributed by atoms with Crippen molar-refractivity contribution in [1.82, 2.24) is 4.90 Å². The number of carbonyl (C=O) groups excluding carboxylic acids is 1. The molecular weight excluding hydrogens is 116 g/mol. The summed E-state index contributed by atoms with van der Waals surface area (Å²) in [6, 6.07) is 0.127. The first-order chi connectivity index (χ1) is 4.25. The lowest BCUT2D eigenvalue weighted by Crippen LogP contribution is -2.25. The van der Waals surface area contributed by atoms with Crippen LogP contribution in [0.3, 0.4) is 0 Å². The Morgan fingerprint density at radius 3 is 2.78 bits per heavy atom. The summed E-state index contributed by atoms with van der Waals surface area (Å²) in [4.78, 5) is 12.0. The summed E-state index contributed by atoms with van der Waals surface area (Å²) in [7, 11) is 0. The van der Waals surface area contributed by atoms with E-state index in [0.717, 1.165) is 6.42 Å². The highest BCUT2D eigenvalue weighted by Gasteiger charge is 2.26. The van der Waals surface area contributed by atoms with Gasteiger partial charge in [0, 0.05) is 12.5 Å². The van der Waals surface area contributed by atoms with E-state index in [1.54, 1.807) is 0 Å². The molecule has 3 nitrogen and oxygen atoms in total. The molecule has 0 aromatic rings. The minimum atomic E-state index is -0.0370. The third kappa shape index (κ3) is 0.879. The highest BCUT2D eigenvalue weighted by molar-refractivity contribution is 5.80. The van der Waals surface area contributed by atoms with Gasteiger partial charge in [0.2, 0.25) is 5.91 Å². The first-order valence-corrected chi connectivity index (χ1v) is 2.97. The van der Waals surface area contributed by atoms with Crippen molar-refractivity contribution < 1.29 is 4.79 Å². The fourth-order valence-electron chi connectivity index (χ4n) is 0.982. The van der Waals surface area contributed by atoms with Gasteiger partial charge in [0.25, 0.3) is 0 Å². The van der Waals surface area contributed by atoms with Crippen LogP contribution in [-0.4, -0.2) is 16.8 Å². The van der Waals surface area contributed by atoms with Crippen LogP contribution in [0.1, 0.15) is 19.8 Å². The maximum Gasteiger partial charge on any atom is 0.235 e. The van der Waals surface area contributed by atoms with Gasteiger partial charge in [-0.3, -0.25) is 4.79 Å². The van der Waals surface area contributed by atoms with Crippen molar-refractivity contribution >= 4 is 5.91 Å². The molecule has 0 aromatic heterocycles. The van der Waals surface area contributed by atoms with Crippen LogP contribution in [0.2, 0.25) is 0 Å². The van der Waals surface area contributed by atoms with Gasteiger partial charge < -0.3 is 0 Å². The molecule has 1 unspecified atom stereocenters. The number of likely N-dealkylation sites (tertiary alicyclic amines) is 1. The summed E-state index contributed by atoms with van der Waals surface area (Å²) in [6.45, 7) is 1.88. The van der Waals surface area contributed by atoms with E-state index in [-0.39, 0.29) is 11.9 Å². The second kappa shape index (κ2) is 2.06. The topological polar surface area (TPSA) is 44.1 Å². The molecule has 1 aliphatic rings. The van der Waals surface area contributed by atoms with Gasteiger partial charge >= 0.3 is 0 Å². The third-order valence-electron chi connectivity index (χ3n) is 1.59. The number of nitriles is 1. The minimum Gasteiger partial charge on any atom is -0.274 e. The average Bonchev–Trinajstić information content (AvgIpc) is 2.12. The molecule has 0 aliphatic carbocycles. The zero-order valence-corrected chi connectivity index (χ0v) is 5.29. The van der Waals surface area contributed by atoms with E-state index in [1.807, 2.05) is 13.1 Å². The van der Waals surface area contributed by atoms with Gasteiger partial charge in [-0.25, -0.2) is 4.90 Å². The van der Waals surface area contributed by atoms with Crippen molar-refractivity contribution in [3.63, 3.8) is 0 Å². The molecule has 0 aromatic carbocycles. The molecular formula is C6H8N2O. The van der Waals surface area contributed by atoms with Gasteiger partial charge in [0.15, 0.2) is 6.19 Å². The number of hydrogen-bond acceptors (Lipinski definition) is 2. The largest absolute Gasteiger partial charge is 0.274 e. The number of carbonyl (C=O) groups is 1. The molecule has 0 bridgehead atoms. The molecule has 1 aliphatic heterocycles. The number of rotatable bonds is 0. The predicted molar refractivity (Wildman–Crippen MR) is 31.2 cm³/mol. The smallest absolute Gasteiger partial charge is 0.235 e. The summed E-state index contributed by atoms with van der Waals surface area (Å²) in [5, 5.41) is 8.36. The van der Waals surface area contributed by atoms with E-state index in [0.29, 0.717) is 6.42 Å². The number of hydrogen-bond donors (Lipinski definition) is 0. The molecule has 1 saturated heterocycles. The highest BCUT2D eigenvalue weighted by atomic mass is 16.2. The Bertz CT molecular complexity index is 170. The molecule has 1 fully saturated rings.